The van der Waals surface area contributed by atoms with Gasteiger partial charge in [-0.25, -0.2) is 0 Å². The molecule has 1 aromatic rings. The van der Waals surface area contributed by atoms with Crippen molar-refractivity contribution < 1.29 is 9.84 Å². The Hall–Kier alpha value is -1.02. The number of rotatable bonds is 2. The average Bonchev–Trinajstić information content (AvgIpc) is 2.66. The molecule has 1 N–H and O–H groups in total. The van der Waals surface area contributed by atoms with E-state index in [4.69, 9.17) is 4.74 Å². The van der Waals surface area contributed by atoms with Crippen LogP contribution in [0.4, 0.5) is 0 Å². The third kappa shape index (κ3) is 2.38. The van der Waals surface area contributed by atoms with Crippen LogP contribution >= 0.6 is 0 Å². The van der Waals surface area contributed by atoms with Crippen molar-refractivity contribution in [1.29, 1.82) is 0 Å². The van der Waals surface area contributed by atoms with Gasteiger partial charge in [0.25, 0.3) is 0 Å². The van der Waals surface area contributed by atoms with Crippen LogP contribution in [-0.4, -0.2) is 17.3 Å². The van der Waals surface area contributed by atoms with Gasteiger partial charge in [-0.15, -0.1) is 0 Å². The number of aliphatic hydroxyl groups excluding tert-OH is 1. The maximum Gasteiger partial charge on any atom is 0.120 e. The van der Waals surface area contributed by atoms with Crippen molar-refractivity contribution in [3.63, 3.8) is 0 Å². The molecule has 2 atom stereocenters. The van der Waals surface area contributed by atoms with Gasteiger partial charge in [0.2, 0.25) is 0 Å². The summed E-state index contributed by atoms with van der Waals surface area (Å²) in [4.78, 5) is 0. The van der Waals surface area contributed by atoms with E-state index >= 15 is 0 Å². The zero-order chi connectivity index (χ0) is 13.3. The van der Waals surface area contributed by atoms with Gasteiger partial charge in [0.15, 0.2) is 0 Å². The maximum absolute atomic E-state index is 10.3. The van der Waals surface area contributed by atoms with Crippen molar-refractivity contribution in [3.05, 3.63) is 29.8 Å². The Bertz CT molecular complexity index is 433. The minimum atomic E-state index is -0.152. The molecule has 0 aromatic heterocycles. The number of ether oxygens (including phenoxy) is 1. The Balaban J connectivity index is 1.74. The van der Waals surface area contributed by atoms with E-state index in [9.17, 15) is 5.11 Å². The molecular weight excluding hydrogens is 236 g/mol. The fraction of sp³-hybridized carbons (Fsp3) is 0.647. The molecule has 0 amide bonds. The molecule has 1 spiro atoms. The highest BCUT2D eigenvalue weighted by Crippen LogP contribution is 2.52. The second-order valence-corrected chi connectivity index (χ2v) is 6.32. The van der Waals surface area contributed by atoms with Crippen molar-refractivity contribution in [2.45, 2.75) is 64.1 Å². The molecule has 0 radical (unpaired) electrons. The Labute approximate surface area is 115 Å². The van der Waals surface area contributed by atoms with Gasteiger partial charge >= 0.3 is 0 Å². The molecule has 2 saturated carbocycles. The molecule has 2 fully saturated rings. The van der Waals surface area contributed by atoms with Gasteiger partial charge in [-0.2, -0.15) is 0 Å². The van der Waals surface area contributed by atoms with Crippen molar-refractivity contribution in [1.82, 2.24) is 0 Å². The number of hydrogen-bond donors (Lipinski definition) is 1. The molecule has 3 rings (SSSR count). The third-order valence-corrected chi connectivity index (χ3v) is 5.04. The maximum atomic E-state index is 10.3. The van der Waals surface area contributed by atoms with Gasteiger partial charge in [0.1, 0.15) is 11.9 Å². The van der Waals surface area contributed by atoms with E-state index in [-0.39, 0.29) is 17.6 Å². The van der Waals surface area contributed by atoms with Crippen LogP contribution < -0.4 is 4.74 Å². The lowest BCUT2D eigenvalue weighted by atomic mass is 9.59. The van der Waals surface area contributed by atoms with Gasteiger partial charge in [0, 0.05) is 11.8 Å². The van der Waals surface area contributed by atoms with Gasteiger partial charge < -0.3 is 9.84 Å². The first-order chi connectivity index (χ1) is 9.21. The molecular formula is C17H24O2. The predicted octanol–water partition coefficient (Wildman–Crippen LogP) is 3.85. The van der Waals surface area contributed by atoms with Crippen LogP contribution in [0.2, 0.25) is 0 Å². The Morgan fingerprint density at radius 1 is 1.16 bits per heavy atom. The summed E-state index contributed by atoms with van der Waals surface area (Å²) in [6.45, 7) is 2.09. The van der Waals surface area contributed by atoms with Crippen molar-refractivity contribution in [3.8, 4) is 5.75 Å². The molecule has 0 heterocycles. The van der Waals surface area contributed by atoms with E-state index in [0.717, 1.165) is 25.0 Å². The van der Waals surface area contributed by atoms with Crippen LogP contribution in [0.15, 0.2) is 24.3 Å². The van der Waals surface area contributed by atoms with Crippen LogP contribution in [0.25, 0.3) is 0 Å². The van der Waals surface area contributed by atoms with E-state index in [1.54, 1.807) is 0 Å². The quantitative estimate of drug-likeness (QED) is 0.875. The minimum absolute atomic E-state index is 0.0419. The summed E-state index contributed by atoms with van der Waals surface area (Å²) in [6.07, 6.45) is 8.22. The third-order valence-electron chi connectivity index (χ3n) is 5.04. The Morgan fingerprint density at radius 3 is 2.53 bits per heavy atom. The van der Waals surface area contributed by atoms with E-state index in [0.29, 0.717) is 0 Å². The molecule has 2 nitrogen and oxygen atoms in total. The molecule has 104 valence electrons. The molecule has 2 heteroatoms. The zero-order valence-electron chi connectivity index (χ0n) is 11.8. The summed E-state index contributed by atoms with van der Waals surface area (Å²) in [5.74, 6) is 0.959. The summed E-state index contributed by atoms with van der Waals surface area (Å²) in [5, 5.41) is 10.3. The van der Waals surface area contributed by atoms with Crippen molar-refractivity contribution in [2.24, 2.45) is 5.41 Å². The van der Waals surface area contributed by atoms with Gasteiger partial charge in [-0.05, 0) is 37.5 Å². The molecule has 2 aliphatic rings. The summed E-state index contributed by atoms with van der Waals surface area (Å²) in [6, 6.07) is 8.25. The lowest BCUT2D eigenvalue weighted by molar-refractivity contribution is -0.163. The van der Waals surface area contributed by atoms with Gasteiger partial charge in [-0.1, -0.05) is 37.8 Å². The molecule has 1 aromatic carbocycles. The van der Waals surface area contributed by atoms with Crippen LogP contribution in [0, 0.1) is 12.3 Å². The molecule has 0 saturated heterocycles. The van der Waals surface area contributed by atoms with Gasteiger partial charge in [0.05, 0.1) is 6.10 Å². The lowest BCUT2D eigenvalue weighted by Crippen LogP contribution is -2.59. The Kier molecular flexibility index (Phi) is 3.53. The first-order valence-corrected chi connectivity index (χ1v) is 7.62. The van der Waals surface area contributed by atoms with Crippen LogP contribution in [0.3, 0.4) is 0 Å². The largest absolute Gasteiger partial charge is 0.490 e. The summed E-state index contributed by atoms with van der Waals surface area (Å²) < 4.78 is 6.19. The Morgan fingerprint density at radius 2 is 1.89 bits per heavy atom. The van der Waals surface area contributed by atoms with Crippen molar-refractivity contribution >= 4 is 0 Å². The summed E-state index contributed by atoms with van der Waals surface area (Å²) >= 11 is 0. The highest BCUT2D eigenvalue weighted by Gasteiger charge is 2.55. The fourth-order valence-electron chi connectivity index (χ4n) is 3.79. The lowest BCUT2D eigenvalue weighted by Gasteiger charge is -2.53. The topological polar surface area (TPSA) is 29.5 Å². The van der Waals surface area contributed by atoms with Crippen LogP contribution in [-0.2, 0) is 0 Å². The number of aliphatic hydroxyl groups is 1. The highest BCUT2D eigenvalue weighted by atomic mass is 16.5. The monoisotopic (exact) mass is 260 g/mol. The first kappa shape index (κ1) is 13.0. The summed E-state index contributed by atoms with van der Waals surface area (Å²) in [5.41, 5.74) is 1.27. The van der Waals surface area contributed by atoms with Crippen LogP contribution in [0.1, 0.15) is 50.5 Å². The smallest absolute Gasteiger partial charge is 0.120 e. The molecule has 2 aliphatic carbocycles. The first-order valence-electron chi connectivity index (χ1n) is 7.62. The fourth-order valence-corrected chi connectivity index (χ4v) is 3.79. The molecule has 2 unspecified atom stereocenters. The number of aryl methyl sites for hydroxylation is 1. The second-order valence-electron chi connectivity index (χ2n) is 6.32. The standard InChI is InChI=1S/C17H24O2/c1-13-7-6-8-14(11-13)19-16-12-15(18)17(16)9-4-2-3-5-10-17/h6-8,11,15-16,18H,2-5,9-10,12H2,1H3. The minimum Gasteiger partial charge on any atom is -0.490 e. The molecule has 0 aliphatic heterocycles. The highest BCUT2D eigenvalue weighted by molar-refractivity contribution is 5.28. The molecule has 0 bridgehead atoms. The average molecular weight is 260 g/mol. The predicted molar refractivity (Wildman–Crippen MR) is 76.4 cm³/mol. The number of benzene rings is 1. The van der Waals surface area contributed by atoms with E-state index < -0.39 is 0 Å². The van der Waals surface area contributed by atoms with E-state index in [1.807, 2.05) is 12.1 Å². The van der Waals surface area contributed by atoms with E-state index in [2.05, 4.69) is 19.1 Å². The van der Waals surface area contributed by atoms with Crippen molar-refractivity contribution in [2.75, 3.05) is 0 Å². The SMILES string of the molecule is Cc1cccc(OC2CC(O)C23CCCCCC3)c1. The number of hydrogen-bond acceptors (Lipinski definition) is 2. The zero-order valence-corrected chi connectivity index (χ0v) is 11.8. The van der Waals surface area contributed by atoms with Crippen LogP contribution in [0.5, 0.6) is 5.75 Å². The van der Waals surface area contributed by atoms with E-state index in [1.165, 1.54) is 31.2 Å². The summed E-state index contributed by atoms with van der Waals surface area (Å²) in [7, 11) is 0. The van der Waals surface area contributed by atoms with Gasteiger partial charge in [-0.3, -0.25) is 0 Å². The normalized spacial score (nSPS) is 29.6. The second kappa shape index (κ2) is 5.16. The molecule has 19 heavy (non-hydrogen) atoms.